The van der Waals surface area contributed by atoms with Gasteiger partial charge in [-0.3, -0.25) is 9.59 Å². The van der Waals surface area contributed by atoms with Gasteiger partial charge in [-0.05, 0) is 84.9 Å². The van der Waals surface area contributed by atoms with Crippen molar-refractivity contribution in [3.63, 3.8) is 0 Å². The summed E-state index contributed by atoms with van der Waals surface area (Å²) in [5, 5.41) is 11.0. The number of fused-ring (bicyclic) bond motifs is 6. The van der Waals surface area contributed by atoms with E-state index in [1.807, 2.05) is 44.2 Å². The first kappa shape index (κ1) is 28.3. The van der Waals surface area contributed by atoms with Gasteiger partial charge in [0.15, 0.2) is 0 Å². The van der Waals surface area contributed by atoms with E-state index in [0.717, 1.165) is 60.2 Å². The zero-order chi connectivity index (χ0) is 32.0. The Morgan fingerprint density at radius 3 is 1.70 bits per heavy atom. The van der Waals surface area contributed by atoms with Crippen molar-refractivity contribution in [2.75, 3.05) is 4.90 Å². The Balaban J connectivity index is 0.00000153. The van der Waals surface area contributed by atoms with Crippen LogP contribution in [-0.2, 0) is 0 Å². The third-order valence-electron chi connectivity index (χ3n) is 9.80. The summed E-state index contributed by atoms with van der Waals surface area (Å²) in [5.74, 6) is -0.202. The van der Waals surface area contributed by atoms with Gasteiger partial charge in [-0.25, -0.2) is 4.90 Å². The molecule has 2 heterocycles. The summed E-state index contributed by atoms with van der Waals surface area (Å²) in [6.07, 6.45) is 0. The van der Waals surface area contributed by atoms with Gasteiger partial charge in [0.1, 0.15) is 0 Å². The van der Waals surface area contributed by atoms with Gasteiger partial charge in [-0.15, -0.1) is 0 Å². The molecule has 0 atom stereocenters. The van der Waals surface area contributed by atoms with Crippen LogP contribution in [0.5, 0.6) is 0 Å². The van der Waals surface area contributed by atoms with Crippen molar-refractivity contribution in [1.29, 1.82) is 0 Å². The Kier molecular flexibility index (Phi) is 6.24. The number of hydrogen-bond donors (Lipinski definition) is 1. The summed E-state index contributed by atoms with van der Waals surface area (Å²) in [6.45, 7) is 12.5. The number of para-hydroxylation sites is 2. The molecule has 0 saturated heterocycles. The van der Waals surface area contributed by atoms with Crippen molar-refractivity contribution in [3.05, 3.63) is 113 Å². The summed E-state index contributed by atoms with van der Waals surface area (Å²) in [5.41, 5.74) is 6.11. The Morgan fingerprint density at radius 1 is 0.500 bits per heavy atom. The summed E-state index contributed by atoms with van der Waals surface area (Å²) in [7, 11) is 0. The maximum absolute atomic E-state index is 14.5. The molecule has 0 bridgehead atoms. The van der Waals surface area contributed by atoms with Gasteiger partial charge >= 0.3 is 0 Å². The van der Waals surface area contributed by atoms with E-state index >= 15 is 0 Å². The van der Waals surface area contributed by atoms with E-state index in [9.17, 15) is 9.59 Å². The number of carbonyl (C=O) groups excluding carboxylic acids is 2. The van der Waals surface area contributed by atoms with Crippen LogP contribution in [0.15, 0.2) is 91.0 Å². The number of nitrogens with one attached hydrogen (secondary N) is 1. The highest BCUT2D eigenvalue weighted by atomic mass is 16.2. The maximum atomic E-state index is 14.5. The Morgan fingerprint density at radius 2 is 1.04 bits per heavy atom. The smallest absolute Gasteiger partial charge is 0.266 e. The Labute approximate surface area is 267 Å². The van der Waals surface area contributed by atoms with E-state index in [0.29, 0.717) is 11.1 Å². The summed E-state index contributed by atoms with van der Waals surface area (Å²) in [6, 6.07) is 31.4. The molecule has 1 aromatic heterocycles. The summed E-state index contributed by atoms with van der Waals surface area (Å²) < 4.78 is 0. The molecule has 46 heavy (non-hydrogen) atoms. The van der Waals surface area contributed by atoms with Gasteiger partial charge in [0.25, 0.3) is 11.8 Å². The predicted molar refractivity (Wildman–Crippen MR) is 194 cm³/mol. The molecule has 8 aromatic rings. The number of aromatic amines is 1. The minimum absolute atomic E-state index is 0.152. The number of H-pyrrole nitrogens is 1. The largest absolute Gasteiger partial charge is 0.354 e. The Bertz CT molecular complexity index is 2500. The molecule has 0 unspecified atom stereocenters. The number of benzene rings is 7. The highest BCUT2D eigenvalue weighted by Gasteiger charge is 2.38. The van der Waals surface area contributed by atoms with Crippen LogP contribution in [-0.4, -0.2) is 16.8 Å². The first-order valence-electron chi connectivity index (χ1n) is 16.4. The van der Waals surface area contributed by atoms with E-state index < -0.39 is 0 Å². The quantitative estimate of drug-likeness (QED) is 0.125. The van der Waals surface area contributed by atoms with E-state index in [2.05, 4.69) is 93.3 Å². The molecule has 1 aliphatic rings. The van der Waals surface area contributed by atoms with Gasteiger partial charge in [0.2, 0.25) is 0 Å². The lowest BCUT2D eigenvalue weighted by Crippen LogP contribution is -2.41. The molecule has 0 radical (unpaired) electrons. The Hall–Kier alpha value is -5.22. The average Bonchev–Trinajstić information content (AvgIpc) is 3.45. The molecule has 0 saturated carbocycles. The monoisotopic (exact) mass is 600 g/mol. The molecular weight excluding hydrogens is 564 g/mol. The molecule has 4 nitrogen and oxygen atoms in total. The predicted octanol–water partition coefficient (Wildman–Crippen LogP) is 11.4. The fourth-order valence-corrected chi connectivity index (χ4v) is 7.87. The van der Waals surface area contributed by atoms with Gasteiger partial charge in [-0.1, -0.05) is 108 Å². The van der Waals surface area contributed by atoms with Crippen LogP contribution in [0.1, 0.15) is 85.2 Å². The SMILES string of the molecule is CC.CC(C)c1cccc(C(C)C)c1N1C(=O)c2ccc3c4cccc5c6c(cc(c7ccc(c2c37)C1=O)c45)[nH]c1ccccc16. The van der Waals surface area contributed by atoms with Crippen LogP contribution in [0.3, 0.4) is 0 Å². The molecule has 0 fully saturated rings. The maximum Gasteiger partial charge on any atom is 0.266 e. The molecule has 0 spiro atoms. The zero-order valence-corrected chi connectivity index (χ0v) is 27.1. The topological polar surface area (TPSA) is 53.2 Å². The molecule has 7 aromatic carbocycles. The third kappa shape index (κ3) is 3.61. The number of rotatable bonds is 3. The first-order chi connectivity index (χ1) is 22.3. The van der Waals surface area contributed by atoms with Crippen molar-refractivity contribution in [2.45, 2.75) is 53.4 Å². The molecule has 1 N–H and O–H groups in total. The minimum Gasteiger partial charge on any atom is -0.354 e. The number of hydrogen-bond acceptors (Lipinski definition) is 2. The van der Waals surface area contributed by atoms with Crippen LogP contribution in [0, 0.1) is 0 Å². The fourth-order valence-electron chi connectivity index (χ4n) is 7.87. The van der Waals surface area contributed by atoms with Crippen LogP contribution in [0.2, 0.25) is 0 Å². The molecule has 4 heteroatoms. The minimum atomic E-state index is -0.253. The number of amides is 2. The van der Waals surface area contributed by atoms with Crippen molar-refractivity contribution >= 4 is 82.4 Å². The van der Waals surface area contributed by atoms with Gasteiger partial charge in [0.05, 0.1) is 5.69 Å². The van der Waals surface area contributed by atoms with E-state index in [1.54, 1.807) is 0 Å². The van der Waals surface area contributed by atoms with Gasteiger partial charge in [0, 0.05) is 38.3 Å². The highest BCUT2D eigenvalue weighted by molar-refractivity contribution is 6.44. The lowest BCUT2D eigenvalue weighted by atomic mass is 9.83. The molecule has 2 amide bonds. The normalized spacial score (nSPS) is 13.4. The van der Waals surface area contributed by atoms with Crippen molar-refractivity contribution in [1.82, 2.24) is 4.98 Å². The average molecular weight is 601 g/mol. The molecule has 9 rings (SSSR count). The number of anilines is 1. The summed E-state index contributed by atoms with van der Waals surface area (Å²) in [4.78, 5) is 34.1. The summed E-state index contributed by atoms with van der Waals surface area (Å²) >= 11 is 0. The van der Waals surface area contributed by atoms with E-state index in [4.69, 9.17) is 0 Å². The van der Waals surface area contributed by atoms with Crippen LogP contribution >= 0.6 is 0 Å². The second kappa shape index (κ2) is 10.1. The van der Waals surface area contributed by atoms with Crippen molar-refractivity contribution < 1.29 is 9.59 Å². The standard InChI is InChI=1S/C40H30N2O2.C2H6/c1-20(2)22-10-7-11-23(21(3)4)38(22)42-39(43)29-17-15-25-24-12-8-13-28-34(24)31(26-16-18-30(40(42)44)37(29)36(25)26)19-33-35(28)27-9-5-6-14-32(27)41-33;1-2/h5-21,41H,1-4H3;1-2H3. The van der Waals surface area contributed by atoms with Crippen molar-refractivity contribution in [2.24, 2.45) is 0 Å². The number of imide groups is 1. The van der Waals surface area contributed by atoms with Gasteiger partial charge in [-0.2, -0.15) is 0 Å². The third-order valence-corrected chi connectivity index (χ3v) is 9.80. The van der Waals surface area contributed by atoms with Crippen LogP contribution < -0.4 is 4.90 Å². The number of nitrogens with zero attached hydrogens (tertiary/aromatic N) is 1. The van der Waals surface area contributed by atoms with E-state index in [-0.39, 0.29) is 23.7 Å². The first-order valence-corrected chi connectivity index (χ1v) is 16.4. The molecular formula is C42H36N2O2. The highest BCUT2D eigenvalue weighted by Crippen LogP contribution is 2.47. The van der Waals surface area contributed by atoms with Crippen molar-refractivity contribution in [3.8, 4) is 0 Å². The zero-order valence-electron chi connectivity index (χ0n) is 27.1. The molecule has 226 valence electrons. The van der Waals surface area contributed by atoms with E-state index in [1.165, 1.54) is 26.4 Å². The second-order valence-corrected chi connectivity index (χ2v) is 12.9. The number of aromatic nitrogens is 1. The molecule has 1 aliphatic heterocycles. The van der Waals surface area contributed by atoms with Crippen LogP contribution in [0.25, 0.3) is 64.9 Å². The number of carbonyl (C=O) groups is 2. The van der Waals surface area contributed by atoms with Crippen LogP contribution in [0.4, 0.5) is 5.69 Å². The molecule has 0 aliphatic carbocycles. The lowest BCUT2D eigenvalue weighted by molar-refractivity contribution is 0.0893. The fraction of sp³-hybridized carbons (Fsp3) is 0.190. The second-order valence-electron chi connectivity index (χ2n) is 12.9. The van der Waals surface area contributed by atoms with Gasteiger partial charge < -0.3 is 4.98 Å². The lowest BCUT2D eigenvalue weighted by Gasteiger charge is -2.32.